The van der Waals surface area contributed by atoms with Crippen molar-refractivity contribution in [3.8, 4) is 28.2 Å². The van der Waals surface area contributed by atoms with E-state index in [4.69, 9.17) is 17.3 Å². The summed E-state index contributed by atoms with van der Waals surface area (Å²) in [4.78, 5) is 6.92. The predicted octanol–water partition coefficient (Wildman–Crippen LogP) is 4.53. The number of likely N-dealkylation sites (tertiary alicyclic amines) is 1. The zero-order valence-electron chi connectivity index (χ0n) is 17.9. The van der Waals surface area contributed by atoms with Gasteiger partial charge in [-0.1, -0.05) is 41.9 Å². The highest BCUT2D eigenvalue weighted by molar-refractivity contribution is 6.31. The number of rotatable bonds is 5. The summed E-state index contributed by atoms with van der Waals surface area (Å²) in [5.74, 6) is 0.892. The molecule has 8 heteroatoms. The van der Waals surface area contributed by atoms with E-state index in [1.54, 1.807) is 10.9 Å². The molecule has 0 aliphatic carbocycles. The van der Waals surface area contributed by atoms with Gasteiger partial charge in [0.1, 0.15) is 5.82 Å². The fourth-order valence-corrected chi connectivity index (χ4v) is 4.33. The Morgan fingerprint density at radius 3 is 2.59 bits per heavy atom. The fraction of sp³-hybridized carbons (Fsp3) is 0.250. The molecule has 4 aromatic rings. The van der Waals surface area contributed by atoms with Crippen LogP contribution in [0.25, 0.3) is 28.2 Å². The van der Waals surface area contributed by atoms with Crippen molar-refractivity contribution < 1.29 is 0 Å². The molecule has 0 spiro atoms. The number of benzene rings is 2. The van der Waals surface area contributed by atoms with E-state index in [0.29, 0.717) is 22.2 Å². The third-order valence-electron chi connectivity index (χ3n) is 5.99. The molecule has 0 saturated carbocycles. The molecule has 32 heavy (non-hydrogen) atoms. The topological polar surface area (TPSA) is 85.8 Å². The Hall–Kier alpha value is -3.29. The van der Waals surface area contributed by atoms with E-state index in [-0.39, 0.29) is 0 Å². The number of hydrogen-bond donors (Lipinski definition) is 1. The van der Waals surface area contributed by atoms with E-state index >= 15 is 0 Å². The summed E-state index contributed by atoms with van der Waals surface area (Å²) < 4.78 is 1.65. The third kappa shape index (κ3) is 3.97. The van der Waals surface area contributed by atoms with Crippen LogP contribution in [0.3, 0.4) is 0 Å². The minimum absolute atomic E-state index is 0.370. The van der Waals surface area contributed by atoms with Crippen LogP contribution >= 0.6 is 11.6 Å². The molecule has 0 atom stereocenters. The van der Waals surface area contributed by atoms with Crippen molar-refractivity contribution >= 4 is 17.4 Å². The third-order valence-corrected chi connectivity index (χ3v) is 6.40. The summed E-state index contributed by atoms with van der Waals surface area (Å²) in [6, 6.07) is 16.3. The number of halogens is 1. The molecule has 1 saturated heterocycles. The molecule has 2 N–H and O–H groups in total. The van der Waals surface area contributed by atoms with Gasteiger partial charge >= 0.3 is 0 Å². The highest BCUT2D eigenvalue weighted by atomic mass is 35.5. The Kier molecular flexibility index (Phi) is 5.59. The first-order chi connectivity index (χ1) is 15.6. The molecule has 0 bridgehead atoms. The van der Waals surface area contributed by atoms with Crippen LogP contribution in [0, 0.1) is 6.92 Å². The van der Waals surface area contributed by atoms with Gasteiger partial charge in [0.05, 0.1) is 11.3 Å². The first-order valence-electron chi connectivity index (χ1n) is 10.7. The molecule has 1 aliphatic rings. The molecule has 1 fully saturated rings. The minimum atomic E-state index is 0.370. The number of hydrogen-bond acceptors (Lipinski definition) is 6. The van der Waals surface area contributed by atoms with Gasteiger partial charge in [0.2, 0.25) is 0 Å². The quantitative estimate of drug-likeness (QED) is 0.485. The molecule has 162 valence electrons. The molecular weight excluding hydrogens is 422 g/mol. The fourth-order valence-electron chi connectivity index (χ4n) is 4.16. The normalized spacial score (nSPS) is 14.2. The summed E-state index contributed by atoms with van der Waals surface area (Å²) in [5.41, 5.74) is 11.9. The number of anilines is 1. The largest absolute Gasteiger partial charge is 0.383 e. The average Bonchev–Trinajstić information content (AvgIpc) is 3.49. The number of nitrogens with two attached hydrogens (primary N) is 1. The highest BCUT2D eigenvalue weighted by Gasteiger charge is 2.18. The number of pyridine rings is 1. The average molecular weight is 446 g/mol. The smallest absolute Gasteiger partial charge is 0.190 e. The zero-order valence-corrected chi connectivity index (χ0v) is 18.6. The second-order valence-corrected chi connectivity index (χ2v) is 8.54. The van der Waals surface area contributed by atoms with Crippen LogP contribution in [-0.2, 0) is 6.54 Å². The lowest BCUT2D eigenvalue weighted by Crippen LogP contribution is -2.18. The molecule has 2 aromatic heterocycles. The van der Waals surface area contributed by atoms with Crippen LogP contribution in [0.4, 0.5) is 5.82 Å². The van der Waals surface area contributed by atoms with Crippen molar-refractivity contribution in [2.45, 2.75) is 26.3 Å². The second kappa shape index (κ2) is 8.68. The Morgan fingerprint density at radius 2 is 1.81 bits per heavy atom. The van der Waals surface area contributed by atoms with E-state index in [2.05, 4.69) is 49.7 Å². The van der Waals surface area contributed by atoms with E-state index in [1.165, 1.54) is 31.5 Å². The van der Waals surface area contributed by atoms with Gasteiger partial charge in [-0.25, -0.2) is 4.98 Å². The van der Waals surface area contributed by atoms with Crippen molar-refractivity contribution in [3.63, 3.8) is 0 Å². The Labute approximate surface area is 191 Å². The van der Waals surface area contributed by atoms with Crippen LogP contribution in [0.1, 0.15) is 24.0 Å². The maximum atomic E-state index is 6.31. The van der Waals surface area contributed by atoms with Crippen LogP contribution in [0.15, 0.2) is 54.7 Å². The summed E-state index contributed by atoms with van der Waals surface area (Å²) in [7, 11) is 0. The molecule has 0 amide bonds. The first kappa shape index (κ1) is 20.6. The molecule has 0 radical (unpaired) electrons. The maximum absolute atomic E-state index is 6.31. The van der Waals surface area contributed by atoms with Gasteiger partial charge in [-0.2, -0.15) is 4.68 Å². The molecule has 1 aliphatic heterocycles. The van der Waals surface area contributed by atoms with Crippen molar-refractivity contribution in [1.82, 2.24) is 30.1 Å². The maximum Gasteiger partial charge on any atom is 0.190 e. The Bertz CT molecular complexity index is 1240. The minimum Gasteiger partial charge on any atom is -0.383 e. The van der Waals surface area contributed by atoms with Crippen LogP contribution in [0.2, 0.25) is 5.02 Å². The second-order valence-electron chi connectivity index (χ2n) is 8.14. The monoisotopic (exact) mass is 445 g/mol. The number of tetrazole rings is 1. The lowest BCUT2D eigenvalue weighted by Gasteiger charge is -2.15. The van der Waals surface area contributed by atoms with Crippen molar-refractivity contribution in [2.75, 3.05) is 18.8 Å². The Morgan fingerprint density at radius 1 is 1.03 bits per heavy atom. The Balaban J connectivity index is 1.48. The molecule has 2 aromatic carbocycles. The lowest BCUT2D eigenvalue weighted by atomic mass is 10.0. The van der Waals surface area contributed by atoms with Crippen LogP contribution < -0.4 is 5.73 Å². The summed E-state index contributed by atoms with van der Waals surface area (Å²) >= 11 is 6.31. The van der Waals surface area contributed by atoms with Gasteiger partial charge in [-0.3, -0.25) is 4.90 Å². The predicted molar refractivity (Wildman–Crippen MR) is 126 cm³/mol. The number of nitrogen functional groups attached to an aromatic ring is 1. The SMILES string of the molecule is Cc1c(Cl)cccc1-n1nnnc1-c1cc(-c2ccc(CN3CCCC3)cc2)cnc1N. The van der Waals surface area contributed by atoms with Crippen molar-refractivity contribution in [3.05, 3.63) is 70.9 Å². The summed E-state index contributed by atoms with van der Waals surface area (Å²) in [6.07, 6.45) is 4.38. The van der Waals surface area contributed by atoms with Crippen molar-refractivity contribution in [2.24, 2.45) is 0 Å². The summed E-state index contributed by atoms with van der Waals surface area (Å²) in [6.45, 7) is 5.31. The molecule has 7 nitrogen and oxygen atoms in total. The van der Waals surface area contributed by atoms with Gasteiger partial charge in [-0.05, 0) is 78.2 Å². The number of aromatic nitrogens is 5. The lowest BCUT2D eigenvalue weighted by molar-refractivity contribution is 0.331. The van der Waals surface area contributed by atoms with Crippen LogP contribution in [0.5, 0.6) is 0 Å². The van der Waals surface area contributed by atoms with E-state index in [1.807, 2.05) is 31.2 Å². The van der Waals surface area contributed by atoms with Gasteiger partial charge in [0.25, 0.3) is 0 Å². The molecular formula is C24H24ClN7. The van der Waals surface area contributed by atoms with Gasteiger partial charge < -0.3 is 5.73 Å². The van der Waals surface area contributed by atoms with Crippen LogP contribution in [-0.4, -0.2) is 43.2 Å². The van der Waals surface area contributed by atoms with E-state index in [9.17, 15) is 0 Å². The first-order valence-corrected chi connectivity index (χ1v) is 11.1. The van der Waals surface area contributed by atoms with Crippen molar-refractivity contribution in [1.29, 1.82) is 0 Å². The molecule has 0 unspecified atom stereocenters. The van der Waals surface area contributed by atoms with E-state index < -0.39 is 0 Å². The molecule has 5 rings (SSSR count). The highest BCUT2D eigenvalue weighted by Crippen LogP contribution is 2.31. The zero-order chi connectivity index (χ0) is 22.1. The van der Waals surface area contributed by atoms with E-state index in [0.717, 1.165) is 28.9 Å². The number of nitrogens with zero attached hydrogens (tertiary/aromatic N) is 6. The standard InChI is InChI=1S/C24H24ClN7/c1-16-21(25)5-4-6-22(16)32-24(28-29-30-32)20-13-19(14-27-23(20)26)18-9-7-17(8-10-18)15-31-11-2-3-12-31/h4-10,13-14H,2-3,11-12,15H2,1H3,(H2,26,27). The van der Waals surface area contributed by atoms with Gasteiger partial charge in [0, 0.05) is 23.3 Å². The van der Waals surface area contributed by atoms with Gasteiger partial charge in [0.15, 0.2) is 5.82 Å². The molecule has 3 heterocycles. The summed E-state index contributed by atoms with van der Waals surface area (Å²) in [5, 5.41) is 12.9. The van der Waals surface area contributed by atoms with Gasteiger partial charge in [-0.15, -0.1) is 5.10 Å².